The first kappa shape index (κ1) is 14.9. The Kier molecular flexibility index (Phi) is 4.82. The summed E-state index contributed by atoms with van der Waals surface area (Å²) in [6.45, 7) is 4.59. The van der Waals surface area contributed by atoms with Crippen LogP contribution in [-0.4, -0.2) is 17.7 Å². The van der Waals surface area contributed by atoms with Crippen LogP contribution in [-0.2, 0) is 6.61 Å². The Morgan fingerprint density at radius 3 is 2.48 bits per heavy atom. The quantitative estimate of drug-likeness (QED) is 0.880. The van der Waals surface area contributed by atoms with Gasteiger partial charge in [0.15, 0.2) is 0 Å². The molecule has 4 nitrogen and oxygen atoms in total. The van der Waals surface area contributed by atoms with Crippen molar-refractivity contribution in [3.63, 3.8) is 0 Å². The molecule has 0 radical (unpaired) electrons. The van der Waals surface area contributed by atoms with Gasteiger partial charge in [0.1, 0.15) is 18.1 Å². The van der Waals surface area contributed by atoms with E-state index in [9.17, 15) is 4.79 Å². The number of carbonyl (C=O) groups is 1. The number of hydrogen-bond acceptors (Lipinski definition) is 3. The van der Waals surface area contributed by atoms with Gasteiger partial charge in [-0.15, -0.1) is 0 Å². The van der Waals surface area contributed by atoms with Crippen molar-refractivity contribution in [3.8, 4) is 11.5 Å². The highest BCUT2D eigenvalue weighted by molar-refractivity contribution is 5.90. The largest absolute Gasteiger partial charge is 0.493 e. The molecule has 0 heterocycles. The van der Waals surface area contributed by atoms with Crippen LogP contribution in [0.15, 0.2) is 42.5 Å². The fourth-order valence-electron chi connectivity index (χ4n) is 2.08. The van der Waals surface area contributed by atoms with E-state index in [1.165, 1.54) is 0 Å². The lowest BCUT2D eigenvalue weighted by Gasteiger charge is -2.13. The van der Waals surface area contributed by atoms with Gasteiger partial charge in [-0.3, -0.25) is 0 Å². The molecule has 0 aliphatic heterocycles. The molecule has 0 atom stereocenters. The number of aromatic carboxylic acids is 1. The first-order valence-corrected chi connectivity index (χ1v) is 6.80. The van der Waals surface area contributed by atoms with Gasteiger partial charge in [-0.2, -0.15) is 0 Å². The Morgan fingerprint density at radius 2 is 1.76 bits per heavy atom. The summed E-state index contributed by atoms with van der Waals surface area (Å²) in [5, 5.41) is 9.11. The van der Waals surface area contributed by atoms with Crippen LogP contribution < -0.4 is 9.47 Å². The molecular weight excluding hydrogens is 268 g/mol. The van der Waals surface area contributed by atoms with Gasteiger partial charge in [0.05, 0.1) is 12.2 Å². The average molecular weight is 286 g/mol. The van der Waals surface area contributed by atoms with E-state index < -0.39 is 5.97 Å². The standard InChI is InChI=1S/C17H18O4/c1-3-20-16-9-5-4-7-13(16)11-21-15-10-6-8-14(12(15)2)17(18)19/h4-10H,3,11H2,1-2H3,(H,18,19). The molecule has 0 fully saturated rings. The van der Waals surface area contributed by atoms with Gasteiger partial charge < -0.3 is 14.6 Å². The average Bonchev–Trinajstić information content (AvgIpc) is 2.47. The lowest BCUT2D eigenvalue weighted by atomic mass is 10.1. The van der Waals surface area contributed by atoms with Gasteiger partial charge in [-0.1, -0.05) is 24.3 Å². The first-order valence-electron chi connectivity index (χ1n) is 6.80. The summed E-state index contributed by atoms with van der Waals surface area (Å²) in [5.74, 6) is 0.404. The first-order chi connectivity index (χ1) is 10.1. The van der Waals surface area contributed by atoms with Crippen molar-refractivity contribution in [2.45, 2.75) is 20.5 Å². The zero-order chi connectivity index (χ0) is 15.2. The summed E-state index contributed by atoms with van der Waals surface area (Å²) >= 11 is 0. The minimum atomic E-state index is -0.951. The van der Waals surface area contributed by atoms with Crippen LogP contribution >= 0.6 is 0 Å². The third-order valence-corrected chi connectivity index (χ3v) is 3.17. The van der Waals surface area contributed by atoms with E-state index in [0.29, 0.717) is 24.5 Å². The summed E-state index contributed by atoms with van der Waals surface area (Å²) in [5.41, 5.74) is 1.81. The molecule has 0 aliphatic rings. The van der Waals surface area contributed by atoms with Crippen LogP contribution in [0.25, 0.3) is 0 Å². The number of carboxylic acid groups (broad SMARTS) is 1. The van der Waals surface area contributed by atoms with Gasteiger partial charge in [0.2, 0.25) is 0 Å². The molecule has 0 unspecified atom stereocenters. The van der Waals surface area contributed by atoms with Crippen molar-refractivity contribution in [1.29, 1.82) is 0 Å². The van der Waals surface area contributed by atoms with Crippen molar-refractivity contribution in [1.82, 2.24) is 0 Å². The number of para-hydroxylation sites is 1. The molecule has 2 rings (SSSR count). The molecule has 21 heavy (non-hydrogen) atoms. The Hall–Kier alpha value is -2.49. The van der Waals surface area contributed by atoms with Crippen molar-refractivity contribution < 1.29 is 19.4 Å². The monoisotopic (exact) mass is 286 g/mol. The number of ether oxygens (including phenoxy) is 2. The van der Waals surface area contributed by atoms with Crippen molar-refractivity contribution >= 4 is 5.97 Å². The normalized spacial score (nSPS) is 10.2. The van der Waals surface area contributed by atoms with Gasteiger partial charge >= 0.3 is 5.97 Å². The molecule has 0 spiro atoms. The van der Waals surface area contributed by atoms with E-state index in [2.05, 4.69) is 0 Å². The van der Waals surface area contributed by atoms with Crippen LogP contribution in [0.3, 0.4) is 0 Å². The van der Waals surface area contributed by atoms with Gasteiger partial charge in [0.25, 0.3) is 0 Å². The van der Waals surface area contributed by atoms with Gasteiger partial charge in [0, 0.05) is 11.1 Å². The molecule has 0 amide bonds. The molecule has 0 aliphatic carbocycles. The third kappa shape index (κ3) is 3.54. The molecule has 1 N–H and O–H groups in total. The van der Waals surface area contributed by atoms with E-state index in [1.807, 2.05) is 31.2 Å². The fraction of sp³-hybridized carbons (Fsp3) is 0.235. The second-order valence-corrected chi connectivity index (χ2v) is 4.56. The van der Waals surface area contributed by atoms with E-state index in [-0.39, 0.29) is 5.56 Å². The zero-order valence-corrected chi connectivity index (χ0v) is 12.1. The summed E-state index contributed by atoms with van der Waals surface area (Å²) in [6.07, 6.45) is 0. The zero-order valence-electron chi connectivity index (χ0n) is 12.1. The minimum absolute atomic E-state index is 0.255. The van der Waals surface area contributed by atoms with Crippen molar-refractivity contribution in [2.24, 2.45) is 0 Å². The lowest BCUT2D eigenvalue weighted by Crippen LogP contribution is -2.04. The predicted octanol–water partition coefficient (Wildman–Crippen LogP) is 3.67. The number of hydrogen-bond donors (Lipinski definition) is 1. The Morgan fingerprint density at radius 1 is 1.05 bits per heavy atom. The molecular formula is C17H18O4. The maximum Gasteiger partial charge on any atom is 0.336 e. The molecule has 2 aromatic rings. The number of carboxylic acids is 1. The topological polar surface area (TPSA) is 55.8 Å². The number of benzene rings is 2. The Balaban J connectivity index is 2.17. The molecule has 0 bridgehead atoms. The summed E-state index contributed by atoms with van der Waals surface area (Å²) in [4.78, 5) is 11.1. The van der Waals surface area contributed by atoms with E-state index >= 15 is 0 Å². The third-order valence-electron chi connectivity index (χ3n) is 3.17. The SMILES string of the molecule is CCOc1ccccc1COc1cccc(C(=O)O)c1C. The van der Waals surface area contributed by atoms with Crippen LogP contribution in [0.2, 0.25) is 0 Å². The van der Waals surface area contributed by atoms with Crippen LogP contribution in [0.1, 0.15) is 28.4 Å². The minimum Gasteiger partial charge on any atom is -0.493 e. The fourth-order valence-corrected chi connectivity index (χ4v) is 2.08. The van der Waals surface area contributed by atoms with Crippen LogP contribution in [0, 0.1) is 6.92 Å². The highest BCUT2D eigenvalue weighted by Crippen LogP contribution is 2.25. The van der Waals surface area contributed by atoms with Gasteiger partial charge in [-0.05, 0) is 32.0 Å². The van der Waals surface area contributed by atoms with Crippen molar-refractivity contribution in [3.05, 3.63) is 59.2 Å². The summed E-state index contributed by atoms with van der Waals surface area (Å²) < 4.78 is 11.3. The molecule has 0 saturated heterocycles. The summed E-state index contributed by atoms with van der Waals surface area (Å²) in [6, 6.07) is 12.7. The molecule has 4 heteroatoms. The molecule has 0 saturated carbocycles. The number of rotatable bonds is 6. The maximum absolute atomic E-state index is 11.1. The second kappa shape index (κ2) is 6.79. The van der Waals surface area contributed by atoms with Crippen LogP contribution in [0.5, 0.6) is 11.5 Å². The Labute approximate surface area is 123 Å². The molecule has 110 valence electrons. The van der Waals surface area contributed by atoms with Gasteiger partial charge in [-0.25, -0.2) is 4.79 Å². The maximum atomic E-state index is 11.1. The highest BCUT2D eigenvalue weighted by atomic mass is 16.5. The van der Waals surface area contributed by atoms with E-state index in [4.69, 9.17) is 14.6 Å². The molecule has 0 aromatic heterocycles. The lowest BCUT2D eigenvalue weighted by molar-refractivity contribution is 0.0695. The van der Waals surface area contributed by atoms with E-state index in [0.717, 1.165) is 11.3 Å². The molecule has 2 aromatic carbocycles. The Bertz CT molecular complexity index is 634. The van der Waals surface area contributed by atoms with E-state index in [1.54, 1.807) is 25.1 Å². The smallest absolute Gasteiger partial charge is 0.336 e. The highest BCUT2D eigenvalue weighted by Gasteiger charge is 2.11. The second-order valence-electron chi connectivity index (χ2n) is 4.56. The predicted molar refractivity (Wildman–Crippen MR) is 80.1 cm³/mol. The summed E-state index contributed by atoms with van der Waals surface area (Å²) in [7, 11) is 0. The van der Waals surface area contributed by atoms with Crippen molar-refractivity contribution in [2.75, 3.05) is 6.61 Å². The van der Waals surface area contributed by atoms with Crippen LogP contribution in [0.4, 0.5) is 0 Å².